The van der Waals surface area contributed by atoms with Gasteiger partial charge in [0.05, 0.1) is 0 Å². The van der Waals surface area contributed by atoms with Gasteiger partial charge in [-0.1, -0.05) is 30.3 Å². The van der Waals surface area contributed by atoms with Crippen LogP contribution in [-0.2, 0) is 9.53 Å². The molecule has 0 aromatic heterocycles. The Morgan fingerprint density at radius 2 is 1.81 bits per heavy atom. The standard InChI is InChI=1S/C13H12O3/c1-13(2)11(14)8-10(16-13)12(15)9-6-4-3-5-7-9/h3-8H,1-2H3. The van der Waals surface area contributed by atoms with Gasteiger partial charge >= 0.3 is 0 Å². The quantitative estimate of drug-likeness (QED) is 0.711. The van der Waals surface area contributed by atoms with Crippen molar-refractivity contribution in [2.45, 2.75) is 19.4 Å². The number of allylic oxidation sites excluding steroid dienone is 1. The van der Waals surface area contributed by atoms with Crippen molar-refractivity contribution in [2.75, 3.05) is 0 Å². The lowest BCUT2D eigenvalue weighted by Crippen LogP contribution is -2.28. The topological polar surface area (TPSA) is 43.4 Å². The van der Waals surface area contributed by atoms with E-state index < -0.39 is 5.60 Å². The molecule has 0 radical (unpaired) electrons. The predicted octanol–water partition coefficient (Wildman–Crippen LogP) is 2.13. The highest BCUT2D eigenvalue weighted by atomic mass is 16.5. The average molecular weight is 216 g/mol. The second-order valence-corrected chi connectivity index (χ2v) is 4.18. The van der Waals surface area contributed by atoms with Crippen LogP contribution in [0.3, 0.4) is 0 Å². The number of rotatable bonds is 2. The molecule has 0 fully saturated rings. The van der Waals surface area contributed by atoms with Crippen LogP contribution < -0.4 is 0 Å². The van der Waals surface area contributed by atoms with E-state index in [-0.39, 0.29) is 17.3 Å². The lowest BCUT2D eigenvalue weighted by molar-refractivity contribution is -0.126. The Kier molecular flexibility index (Phi) is 2.38. The number of hydrogen-bond donors (Lipinski definition) is 0. The van der Waals surface area contributed by atoms with Crippen LogP contribution in [0.1, 0.15) is 24.2 Å². The Labute approximate surface area is 93.7 Å². The highest BCUT2D eigenvalue weighted by Crippen LogP contribution is 2.26. The number of carbonyl (C=O) groups excluding carboxylic acids is 2. The zero-order valence-electron chi connectivity index (χ0n) is 9.19. The van der Waals surface area contributed by atoms with Gasteiger partial charge in [0.15, 0.2) is 11.4 Å². The largest absolute Gasteiger partial charge is 0.475 e. The van der Waals surface area contributed by atoms with E-state index in [0.717, 1.165) is 0 Å². The first kappa shape index (κ1) is 10.6. The highest BCUT2D eigenvalue weighted by Gasteiger charge is 2.37. The molecule has 0 aliphatic carbocycles. The van der Waals surface area contributed by atoms with Crippen molar-refractivity contribution < 1.29 is 14.3 Å². The summed E-state index contributed by atoms with van der Waals surface area (Å²) in [7, 11) is 0. The molecule has 3 nitrogen and oxygen atoms in total. The van der Waals surface area contributed by atoms with Gasteiger partial charge in [-0.15, -0.1) is 0 Å². The number of ketones is 2. The summed E-state index contributed by atoms with van der Waals surface area (Å²) < 4.78 is 5.34. The van der Waals surface area contributed by atoms with Crippen molar-refractivity contribution >= 4 is 11.6 Å². The normalized spacial score (nSPS) is 17.9. The van der Waals surface area contributed by atoms with Gasteiger partial charge in [0.25, 0.3) is 0 Å². The van der Waals surface area contributed by atoms with Crippen molar-refractivity contribution in [2.24, 2.45) is 0 Å². The first-order chi connectivity index (χ1) is 7.50. The van der Waals surface area contributed by atoms with E-state index in [2.05, 4.69) is 0 Å². The molecule has 0 saturated carbocycles. The molecule has 0 N–H and O–H groups in total. The second kappa shape index (κ2) is 3.59. The third-order valence-corrected chi connectivity index (χ3v) is 2.48. The molecule has 0 amide bonds. The van der Waals surface area contributed by atoms with Gasteiger partial charge in [0.1, 0.15) is 0 Å². The van der Waals surface area contributed by atoms with Crippen molar-refractivity contribution in [1.29, 1.82) is 0 Å². The minimum atomic E-state index is -0.917. The summed E-state index contributed by atoms with van der Waals surface area (Å²) in [5, 5.41) is 0. The molecular formula is C13H12O3. The summed E-state index contributed by atoms with van der Waals surface area (Å²) in [6, 6.07) is 8.77. The lowest BCUT2D eigenvalue weighted by atomic mass is 10.1. The molecule has 1 aliphatic heterocycles. The fraction of sp³-hybridized carbons (Fsp3) is 0.231. The maximum atomic E-state index is 11.9. The van der Waals surface area contributed by atoms with Gasteiger partial charge in [0, 0.05) is 11.6 Å². The molecular weight excluding hydrogens is 204 g/mol. The Bertz CT molecular complexity index is 469. The van der Waals surface area contributed by atoms with Gasteiger partial charge in [-0.3, -0.25) is 9.59 Å². The summed E-state index contributed by atoms with van der Waals surface area (Å²) in [5.74, 6) is -0.299. The van der Waals surface area contributed by atoms with Gasteiger partial charge in [-0.2, -0.15) is 0 Å². The molecule has 82 valence electrons. The molecule has 2 rings (SSSR count). The first-order valence-electron chi connectivity index (χ1n) is 5.05. The zero-order valence-corrected chi connectivity index (χ0v) is 9.19. The highest BCUT2D eigenvalue weighted by molar-refractivity contribution is 6.14. The summed E-state index contributed by atoms with van der Waals surface area (Å²) in [6.45, 7) is 3.30. The number of Topliss-reactive ketones (excluding diaryl/α,β-unsaturated/α-hetero) is 1. The minimum Gasteiger partial charge on any atom is -0.475 e. The Balaban J connectivity index is 2.27. The van der Waals surface area contributed by atoms with Crippen molar-refractivity contribution in [3.8, 4) is 0 Å². The fourth-order valence-corrected chi connectivity index (χ4v) is 1.49. The van der Waals surface area contributed by atoms with Gasteiger partial charge < -0.3 is 4.74 Å². The van der Waals surface area contributed by atoms with Crippen LogP contribution in [0, 0.1) is 0 Å². The molecule has 0 unspecified atom stereocenters. The molecule has 0 atom stereocenters. The molecule has 0 bridgehead atoms. The molecule has 0 spiro atoms. The zero-order chi connectivity index (χ0) is 11.8. The predicted molar refractivity (Wildman–Crippen MR) is 59.0 cm³/mol. The third kappa shape index (κ3) is 1.76. The summed E-state index contributed by atoms with van der Waals surface area (Å²) >= 11 is 0. The van der Waals surface area contributed by atoms with Crippen LogP contribution in [0.2, 0.25) is 0 Å². The Morgan fingerprint density at radius 3 is 2.31 bits per heavy atom. The molecule has 1 aromatic rings. The van der Waals surface area contributed by atoms with Gasteiger partial charge in [-0.25, -0.2) is 0 Å². The molecule has 0 saturated heterocycles. The maximum absolute atomic E-state index is 11.9. The van der Waals surface area contributed by atoms with E-state index >= 15 is 0 Å². The first-order valence-corrected chi connectivity index (χ1v) is 5.05. The molecule has 1 aliphatic rings. The third-order valence-electron chi connectivity index (χ3n) is 2.48. The van der Waals surface area contributed by atoms with Gasteiger partial charge in [0.2, 0.25) is 11.6 Å². The Hall–Kier alpha value is -1.90. The van der Waals surface area contributed by atoms with E-state index in [0.29, 0.717) is 5.56 Å². The summed E-state index contributed by atoms with van der Waals surface area (Å²) in [6.07, 6.45) is 1.27. The molecule has 16 heavy (non-hydrogen) atoms. The van der Waals surface area contributed by atoms with E-state index in [1.807, 2.05) is 6.07 Å². The summed E-state index contributed by atoms with van der Waals surface area (Å²) in [5.41, 5.74) is -0.390. The van der Waals surface area contributed by atoms with E-state index in [1.54, 1.807) is 38.1 Å². The fourth-order valence-electron chi connectivity index (χ4n) is 1.49. The lowest BCUT2D eigenvalue weighted by Gasteiger charge is -2.17. The van der Waals surface area contributed by atoms with Gasteiger partial charge in [-0.05, 0) is 13.8 Å². The molecule has 1 heterocycles. The van der Waals surface area contributed by atoms with E-state index in [1.165, 1.54) is 6.08 Å². The number of hydrogen-bond acceptors (Lipinski definition) is 3. The van der Waals surface area contributed by atoms with Crippen LogP contribution in [0.4, 0.5) is 0 Å². The van der Waals surface area contributed by atoms with E-state index in [4.69, 9.17) is 4.74 Å². The van der Waals surface area contributed by atoms with Crippen LogP contribution >= 0.6 is 0 Å². The van der Waals surface area contributed by atoms with Crippen LogP contribution in [0.15, 0.2) is 42.2 Å². The average Bonchev–Trinajstić information content (AvgIpc) is 2.54. The van der Waals surface area contributed by atoms with Crippen molar-refractivity contribution in [1.82, 2.24) is 0 Å². The van der Waals surface area contributed by atoms with Crippen LogP contribution in [0.25, 0.3) is 0 Å². The number of ether oxygens (including phenoxy) is 1. The SMILES string of the molecule is CC1(C)OC(C(=O)c2ccccc2)=CC1=O. The minimum absolute atomic E-state index is 0.126. The number of benzene rings is 1. The molecule has 1 aromatic carbocycles. The summed E-state index contributed by atoms with van der Waals surface area (Å²) in [4.78, 5) is 23.4. The Morgan fingerprint density at radius 1 is 1.19 bits per heavy atom. The maximum Gasteiger partial charge on any atom is 0.227 e. The van der Waals surface area contributed by atoms with Crippen molar-refractivity contribution in [3.63, 3.8) is 0 Å². The monoisotopic (exact) mass is 216 g/mol. The smallest absolute Gasteiger partial charge is 0.227 e. The second-order valence-electron chi connectivity index (χ2n) is 4.18. The van der Waals surface area contributed by atoms with E-state index in [9.17, 15) is 9.59 Å². The van der Waals surface area contributed by atoms with Crippen molar-refractivity contribution in [3.05, 3.63) is 47.7 Å². The van der Waals surface area contributed by atoms with Crippen LogP contribution in [-0.4, -0.2) is 17.2 Å². The van der Waals surface area contributed by atoms with Crippen LogP contribution in [0.5, 0.6) is 0 Å². The molecule has 3 heteroatoms. The number of carbonyl (C=O) groups is 2.